The van der Waals surface area contributed by atoms with Crippen LogP contribution in [0.1, 0.15) is 16.7 Å². The third-order valence-electron chi connectivity index (χ3n) is 4.67. The smallest absolute Gasteiger partial charge is 0.293 e. The van der Waals surface area contributed by atoms with Crippen LogP contribution in [0.15, 0.2) is 80.6 Å². The summed E-state index contributed by atoms with van der Waals surface area (Å²) in [5, 5.41) is -0.263. The lowest BCUT2D eigenvalue weighted by atomic mass is 10.2. The molecule has 0 saturated carbocycles. The van der Waals surface area contributed by atoms with Gasteiger partial charge in [-0.3, -0.25) is 14.5 Å². The van der Waals surface area contributed by atoms with Crippen LogP contribution in [0.2, 0.25) is 0 Å². The van der Waals surface area contributed by atoms with E-state index in [1.165, 1.54) is 4.90 Å². The summed E-state index contributed by atoms with van der Waals surface area (Å²) < 4.78 is 8.58. The largest absolute Gasteiger partial charge is 0.487 e. The van der Waals surface area contributed by atoms with Crippen LogP contribution in [0.5, 0.6) is 5.75 Å². The molecule has 0 atom stereocenters. The van der Waals surface area contributed by atoms with Crippen LogP contribution in [0.3, 0.4) is 0 Å². The van der Waals surface area contributed by atoms with E-state index in [9.17, 15) is 9.59 Å². The summed E-state index contributed by atoms with van der Waals surface area (Å²) in [4.78, 5) is 27.0. The van der Waals surface area contributed by atoms with Crippen LogP contribution in [-0.2, 0) is 17.9 Å². The van der Waals surface area contributed by atoms with Crippen LogP contribution in [-0.4, -0.2) is 16.0 Å². The van der Waals surface area contributed by atoms with Gasteiger partial charge in [0.1, 0.15) is 12.4 Å². The van der Waals surface area contributed by atoms with Gasteiger partial charge in [-0.05, 0) is 113 Å². The number of benzene rings is 3. The summed E-state index contributed by atoms with van der Waals surface area (Å²) in [6.45, 7) is 0.702. The lowest BCUT2D eigenvalue weighted by Crippen LogP contribution is -2.27. The van der Waals surface area contributed by atoms with Crippen molar-refractivity contribution in [1.82, 2.24) is 4.90 Å². The zero-order chi connectivity index (χ0) is 22.7. The highest BCUT2D eigenvalue weighted by atomic mass is 127. The molecule has 4 nitrogen and oxygen atoms in total. The van der Waals surface area contributed by atoms with E-state index in [4.69, 9.17) is 4.74 Å². The van der Waals surface area contributed by atoms with E-state index >= 15 is 0 Å². The minimum Gasteiger partial charge on any atom is -0.487 e. The van der Waals surface area contributed by atoms with Crippen molar-refractivity contribution in [2.45, 2.75) is 13.2 Å². The summed E-state index contributed by atoms with van der Waals surface area (Å²) in [6, 6.07) is 21.4. The number of thioether (sulfide) groups is 1. The first-order valence-corrected chi connectivity index (χ1v) is 13.0. The molecule has 0 spiro atoms. The van der Waals surface area contributed by atoms with Crippen molar-refractivity contribution in [2.75, 3.05) is 0 Å². The number of halogens is 3. The fourth-order valence-electron chi connectivity index (χ4n) is 3.09. The quantitative estimate of drug-likeness (QED) is 0.198. The van der Waals surface area contributed by atoms with Crippen LogP contribution < -0.4 is 4.74 Å². The average molecular weight is 685 g/mol. The van der Waals surface area contributed by atoms with Gasteiger partial charge in [0, 0.05) is 3.57 Å². The van der Waals surface area contributed by atoms with Crippen molar-refractivity contribution in [2.24, 2.45) is 0 Å². The molecule has 1 fully saturated rings. The van der Waals surface area contributed by atoms with Gasteiger partial charge >= 0.3 is 0 Å². The van der Waals surface area contributed by atoms with Crippen molar-refractivity contribution >= 4 is 83.4 Å². The first kappa shape index (κ1) is 23.5. The summed E-state index contributed by atoms with van der Waals surface area (Å²) in [7, 11) is 0. The Morgan fingerprint density at radius 2 is 1.59 bits per heavy atom. The molecule has 1 aliphatic rings. The molecular formula is C24H16Br2INO3S. The minimum atomic E-state index is -0.282. The monoisotopic (exact) mass is 683 g/mol. The third-order valence-corrected chi connectivity index (χ3v) is 7.48. The molecule has 0 bridgehead atoms. The van der Waals surface area contributed by atoms with E-state index in [1.54, 1.807) is 6.08 Å². The van der Waals surface area contributed by atoms with Crippen molar-refractivity contribution in [3.63, 3.8) is 0 Å². The third kappa shape index (κ3) is 5.65. The minimum absolute atomic E-state index is 0.262. The standard InChI is InChI=1S/C24H16Br2INO3S/c25-19-10-17(11-20(26)22(19)31-14-16-4-2-1-3-5-16)12-21-23(29)28(24(30)32-21)13-15-6-8-18(27)9-7-15/h1-12H,13-14H2/b21-12-. The predicted octanol–water partition coefficient (Wildman–Crippen LogP) is 7.63. The van der Waals surface area contributed by atoms with Crippen molar-refractivity contribution in [3.05, 3.63) is 101 Å². The first-order chi connectivity index (χ1) is 15.4. The summed E-state index contributed by atoms with van der Waals surface area (Å²) >= 11 is 10.3. The number of hydrogen-bond acceptors (Lipinski definition) is 4. The van der Waals surface area contributed by atoms with Crippen molar-refractivity contribution < 1.29 is 14.3 Å². The van der Waals surface area contributed by atoms with Crippen LogP contribution in [0, 0.1) is 3.57 Å². The normalized spacial score (nSPS) is 15.0. The summed E-state index contributed by atoms with van der Waals surface area (Å²) in [5.74, 6) is 0.396. The topological polar surface area (TPSA) is 46.6 Å². The van der Waals surface area contributed by atoms with E-state index in [0.29, 0.717) is 17.3 Å². The van der Waals surface area contributed by atoms with Crippen molar-refractivity contribution in [1.29, 1.82) is 0 Å². The highest BCUT2D eigenvalue weighted by molar-refractivity contribution is 14.1. The van der Waals surface area contributed by atoms with Crippen LogP contribution in [0.25, 0.3) is 6.08 Å². The van der Waals surface area contributed by atoms with E-state index in [1.807, 2.05) is 66.7 Å². The maximum Gasteiger partial charge on any atom is 0.293 e. The maximum absolute atomic E-state index is 12.9. The van der Waals surface area contributed by atoms with E-state index in [2.05, 4.69) is 54.5 Å². The predicted molar refractivity (Wildman–Crippen MR) is 143 cm³/mol. The van der Waals surface area contributed by atoms with Gasteiger partial charge in [-0.15, -0.1) is 0 Å². The van der Waals surface area contributed by atoms with Gasteiger partial charge in [-0.2, -0.15) is 0 Å². The number of nitrogens with zero attached hydrogens (tertiary/aromatic N) is 1. The average Bonchev–Trinajstić information content (AvgIpc) is 3.02. The zero-order valence-corrected chi connectivity index (χ0v) is 22.7. The highest BCUT2D eigenvalue weighted by Gasteiger charge is 2.35. The van der Waals surface area contributed by atoms with E-state index in [-0.39, 0.29) is 17.7 Å². The fourth-order valence-corrected chi connectivity index (χ4v) is 5.74. The molecule has 162 valence electrons. The Balaban J connectivity index is 1.50. The van der Waals surface area contributed by atoms with Gasteiger partial charge in [-0.25, -0.2) is 0 Å². The second-order valence-corrected chi connectivity index (χ2v) is 10.9. The highest BCUT2D eigenvalue weighted by Crippen LogP contribution is 2.38. The number of amides is 2. The Hall–Kier alpha value is -1.62. The fraction of sp³-hybridized carbons (Fsp3) is 0.0833. The van der Waals surface area contributed by atoms with Crippen LogP contribution >= 0.6 is 66.2 Å². The number of hydrogen-bond donors (Lipinski definition) is 0. The molecule has 32 heavy (non-hydrogen) atoms. The second kappa shape index (κ2) is 10.5. The maximum atomic E-state index is 12.9. The zero-order valence-electron chi connectivity index (χ0n) is 16.6. The Bertz CT molecular complexity index is 1180. The van der Waals surface area contributed by atoms with Gasteiger partial charge < -0.3 is 4.74 Å². The van der Waals surface area contributed by atoms with Gasteiger partial charge in [0.05, 0.1) is 20.4 Å². The van der Waals surface area contributed by atoms with Gasteiger partial charge in [0.25, 0.3) is 11.1 Å². The van der Waals surface area contributed by atoms with Gasteiger partial charge in [-0.1, -0.05) is 42.5 Å². The second-order valence-electron chi connectivity index (χ2n) is 6.98. The Morgan fingerprint density at radius 1 is 0.938 bits per heavy atom. The van der Waals surface area contributed by atoms with Crippen LogP contribution in [0.4, 0.5) is 4.79 Å². The summed E-state index contributed by atoms with van der Waals surface area (Å²) in [5.41, 5.74) is 2.77. The molecule has 0 aliphatic carbocycles. The number of rotatable bonds is 6. The Morgan fingerprint density at radius 3 is 2.25 bits per heavy atom. The molecule has 3 aromatic carbocycles. The molecule has 0 N–H and O–H groups in total. The van der Waals surface area contributed by atoms with Gasteiger partial charge in [0.15, 0.2) is 0 Å². The lowest BCUT2D eigenvalue weighted by molar-refractivity contribution is -0.123. The molecule has 1 heterocycles. The SMILES string of the molecule is O=C1S/C(=C\c2cc(Br)c(OCc3ccccc3)c(Br)c2)C(=O)N1Cc1ccc(I)cc1. The molecule has 8 heteroatoms. The number of imide groups is 1. The first-order valence-electron chi connectivity index (χ1n) is 9.56. The molecule has 0 radical (unpaired) electrons. The Labute approximate surface area is 220 Å². The molecular weight excluding hydrogens is 669 g/mol. The summed E-state index contributed by atoms with van der Waals surface area (Å²) in [6.07, 6.45) is 1.73. The van der Waals surface area contributed by atoms with E-state index in [0.717, 1.165) is 41.0 Å². The molecule has 1 saturated heterocycles. The molecule has 2 amide bonds. The Kier molecular flexibility index (Phi) is 7.75. The van der Waals surface area contributed by atoms with Gasteiger partial charge in [0.2, 0.25) is 0 Å². The number of carbonyl (C=O) groups is 2. The molecule has 1 aliphatic heterocycles. The molecule has 4 rings (SSSR count). The number of ether oxygens (including phenoxy) is 1. The van der Waals surface area contributed by atoms with Crippen molar-refractivity contribution in [3.8, 4) is 5.75 Å². The molecule has 0 unspecified atom stereocenters. The molecule has 3 aromatic rings. The molecule has 0 aromatic heterocycles. The number of carbonyl (C=O) groups excluding carboxylic acids is 2. The van der Waals surface area contributed by atoms with E-state index < -0.39 is 0 Å². The lowest BCUT2D eigenvalue weighted by Gasteiger charge is -2.13.